The van der Waals surface area contributed by atoms with E-state index in [0.29, 0.717) is 5.92 Å². The van der Waals surface area contributed by atoms with E-state index >= 15 is 0 Å². The van der Waals surface area contributed by atoms with Crippen molar-refractivity contribution in [3.63, 3.8) is 0 Å². The van der Waals surface area contributed by atoms with E-state index < -0.39 is 0 Å². The smallest absolute Gasteiger partial charge is 0.169 e. The molecule has 0 saturated carbocycles. The lowest BCUT2D eigenvalue weighted by molar-refractivity contribution is 0.197. The van der Waals surface area contributed by atoms with E-state index in [1.807, 2.05) is 6.20 Å². The second-order valence-electron chi connectivity index (χ2n) is 6.78. The Morgan fingerprint density at radius 1 is 1.20 bits per heavy atom. The fraction of sp³-hybridized carbons (Fsp3) is 0.400. The topological polar surface area (TPSA) is 33.4 Å². The Labute approximate surface area is 157 Å². The van der Waals surface area contributed by atoms with E-state index in [-0.39, 0.29) is 0 Å². The van der Waals surface area contributed by atoms with Crippen molar-refractivity contribution in [1.82, 2.24) is 19.5 Å². The first kappa shape index (κ1) is 16.7. The van der Waals surface area contributed by atoms with Crippen LogP contribution in [0.15, 0.2) is 47.1 Å². The summed E-state index contributed by atoms with van der Waals surface area (Å²) in [4.78, 5) is 7.10. The van der Waals surface area contributed by atoms with E-state index in [4.69, 9.17) is 5.10 Å². The quantitative estimate of drug-likeness (QED) is 0.651. The number of halogens is 1. The monoisotopic (exact) mass is 398 g/mol. The van der Waals surface area contributed by atoms with E-state index in [1.165, 1.54) is 30.6 Å². The molecule has 3 aromatic rings. The van der Waals surface area contributed by atoms with Crippen LogP contribution < -0.4 is 0 Å². The number of aromatic nitrogens is 3. The molecule has 1 fully saturated rings. The first-order valence-corrected chi connectivity index (χ1v) is 9.84. The molecule has 5 heteroatoms. The van der Waals surface area contributed by atoms with Gasteiger partial charge >= 0.3 is 0 Å². The highest BCUT2D eigenvalue weighted by molar-refractivity contribution is 9.10. The fourth-order valence-corrected chi connectivity index (χ4v) is 4.43. The van der Waals surface area contributed by atoms with Gasteiger partial charge in [0.1, 0.15) is 0 Å². The molecule has 1 aliphatic heterocycles. The second kappa shape index (κ2) is 7.26. The maximum absolute atomic E-state index is 4.80. The van der Waals surface area contributed by atoms with Crippen LogP contribution in [0.2, 0.25) is 0 Å². The zero-order valence-corrected chi connectivity index (χ0v) is 16.1. The molecule has 0 amide bonds. The van der Waals surface area contributed by atoms with E-state index in [2.05, 4.69) is 73.7 Å². The molecule has 0 N–H and O–H groups in total. The van der Waals surface area contributed by atoms with Gasteiger partial charge in [-0.15, -0.1) is 0 Å². The summed E-state index contributed by atoms with van der Waals surface area (Å²) in [7, 11) is 0. The van der Waals surface area contributed by atoms with Crippen molar-refractivity contribution >= 4 is 21.6 Å². The van der Waals surface area contributed by atoms with Gasteiger partial charge in [-0.2, -0.15) is 5.10 Å². The van der Waals surface area contributed by atoms with Crippen LogP contribution in [0.3, 0.4) is 0 Å². The number of rotatable bonds is 4. The molecule has 130 valence electrons. The molecule has 3 heterocycles. The third kappa shape index (κ3) is 3.35. The van der Waals surface area contributed by atoms with Gasteiger partial charge in [0.25, 0.3) is 0 Å². The average Bonchev–Trinajstić information content (AvgIpc) is 2.99. The highest BCUT2D eigenvalue weighted by Crippen LogP contribution is 2.30. The standard InChI is InChI=1S/C20H23BrN4/c1-2-17-19(21)20-22-11-10-18(25(20)23-17)16-9-6-12-24(14-16)13-15-7-4-3-5-8-15/h3-5,7-8,10-11,16H,2,6,9,12-14H2,1H3. The Balaban J connectivity index is 1.60. The van der Waals surface area contributed by atoms with Crippen molar-refractivity contribution in [3.8, 4) is 0 Å². The summed E-state index contributed by atoms with van der Waals surface area (Å²) in [5.74, 6) is 0.500. The highest BCUT2D eigenvalue weighted by Gasteiger charge is 2.24. The molecule has 1 aromatic carbocycles. The number of benzene rings is 1. The summed E-state index contributed by atoms with van der Waals surface area (Å²) in [6, 6.07) is 12.9. The molecule has 1 saturated heterocycles. The summed E-state index contributed by atoms with van der Waals surface area (Å²) in [6.07, 6.45) is 5.27. The van der Waals surface area contributed by atoms with Crippen molar-refractivity contribution in [2.75, 3.05) is 13.1 Å². The molecule has 25 heavy (non-hydrogen) atoms. The van der Waals surface area contributed by atoms with Crippen LogP contribution in [0.25, 0.3) is 5.65 Å². The molecule has 1 unspecified atom stereocenters. The Hall–Kier alpha value is -1.72. The molecule has 0 aliphatic carbocycles. The summed E-state index contributed by atoms with van der Waals surface area (Å²) in [6.45, 7) is 5.40. The Morgan fingerprint density at radius 3 is 2.84 bits per heavy atom. The number of likely N-dealkylation sites (tertiary alicyclic amines) is 1. The second-order valence-corrected chi connectivity index (χ2v) is 7.57. The van der Waals surface area contributed by atoms with Crippen molar-refractivity contribution in [1.29, 1.82) is 0 Å². The highest BCUT2D eigenvalue weighted by atomic mass is 79.9. The first-order valence-electron chi connectivity index (χ1n) is 9.04. The van der Waals surface area contributed by atoms with Gasteiger partial charge in [-0.05, 0) is 53.4 Å². The predicted molar refractivity (Wildman–Crippen MR) is 104 cm³/mol. The van der Waals surface area contributed by atoms with Gasteiger partial charge in [0.05, 0.1) is 15.9 Å². The van der Waals surface area contributed by atoms with Gasteiger partial charge in [0, 0.05) is 25.2 Å². The van der Waals surface area contributed by atoms with Crippen molar-refractivity contribution < 1.29 is 0 Å². The molecule has 0 spiro atoms. The normalized spacial score (nSPS) is 18.7. The molecule has 4 rings (SSSR count). The SMILES string of the molecule is CCc1nn2c(C3CCCN(Cc4ccccc4)C3)ccnc2c1Br. The summed E-state index contributed by atoms with van der Waals surface area (Å²) >= 11 is 3.67. The van der Waals surface area contributed by atoms with Crippen molar-refractivity contribution in [3.05, 3.63) is 64.0 Å². The largest absolute Gasteiger partial charge is 0.298 e. The van der Waals surface area contributed by atoms with Crippen LogP contribution in [0.1, 0.15) is 42.6 Å². The summed E-state index contributed by atoms with van der Waals surface area (Å²) < 4.78 is 3.09. The third-order valence-corrected chi connectivity index (χ3v) is 5.88. The molecule has 1 aliphatic rings. The van der Waals surface area contributed by atoms with Crippen LogP contribution in [0, 0.1) is 0 Å². The first-order chi connectivity index (χ1) is 12.3. The zero-order valence-electron chi connectivity index (χ0n) is 14.5. The van der Waals surface area contributed by atoms with Gasteiger partial charge < -0.3 is 0 Å². The number of fused-ring (bicyclic) bond motifs is 1. The Morgan fingerprint density at radius 2 is 2.04 bits per heavy atom. The lowest BCUT2D eigenvalue weighted by Crippen LogP contribution is -2.34. The number of hydrogen-bond donors (Lipinski definition) is 0. The van der Waals surface area contributed by atoms with Gasteiger partial charge in [0.2, 0.25) is 0 Å². The van der Waals surface area contributed by atoms with Crippen LogP contribution >= 0.6 is 15.9 Å². The van der Waals surface area contributed by atoms with Gasteiger partial charge in [-0.25, -0.2) is 9.50 Å². The van der Waals surface area contributed by atoms with Crippen molar-refractivity contribution in [2.45, 2.75) is 38.6 Å². The van der Waals surface area contributed by atoms with Crippen LogP contribution in [0.4, 0.5) is 0 Å². The molecule has 0 radical (unpaired) electrons. The lowest BCUT2D eigenvalue weighted by atomic mass is 9.94. The van der Waals surface area contributed by atoms with E-state index in [9.17, 15) is 0 Å². The molecular weight excluding hydrogens is 376 g/mol. The number of piperidine rings is 1. The third-order valence-electron chi connectivity index (χ3n) is 5.07. The van der Waals surface area contributed by atoms with E-state index in [1.54, 1.807) is 0 Å². The minimum absolute atomic E-state index is 0.500. The fourth-order valence-electron chi connectivity index (χ4n) is 3.80. The molecule has 2 aromatic heterocycles. The van der Waals surface area contributed by atoms with Crippen molar-refractivity contribution in [2.24, 2.45) is 0 Å². The molecule has 0 bridgehead atoms. The molecule has 1 atom stereocenters. The lowest BCUT2D eigenvalue weighted by Gasteiger charge is -2.33. The predicted octanol–water partition coefficient (Wildman–Crippen LogP) is 4.43. The van der Waals surface area contributed by atoms with Gasteiger partial charge in [-0.3, -0.25) is 4.90 Å². The Bertz CT molecular complexity index is 859. The minimum Gasteiger partial charge on any atom is -0.298 e. The van der Waals surface area contributed by atoms with Crippen LogP contribution in [-0.4, -0.2) is 32.6 Å². The van der Waals surface area contributed by atoms with Gasteiger partial charge in [-0.1, -0.05) is 37.3 Å². The maximum atomic E-state index is 4.80. The van der Waals surface area contributed by atoms with Crippen LogP contribution in [0.5, 0.6) is 0 Å². The summed E-state index contributed by atoms with van der Waals surface area (Å²) in [5.41, 5.74) is 4.69. The van der Waals surface area contributed by atoms with E-state index in [0.717, 1.165) is 35.3 Å². The number of nitrogens with zero attached hydrogens (tertiary/aromatic N) is 4. The molecular formula is C20H23BrN4. The molecule has 4 nitrogen and oxygen atoms in total. The summed E-state index contributed by atoms with van der Waals surface area (Å²) in [5, 5.41) is 4.80. The van der Waals surface area contributed by atoms with Crippen LogP contribution in [-0.2, 0) is 13.0 Å². The Kier molecular flexibility index (Phi) is 4.86. The zero-order chi connectivity index (χ0) is 17.2. The minimum atomic E-state index is 0.500. The maximum Gasteiger partial charge on any atom is 0.169 e. The average molecular weight is 399 g/mol. The number of aryl methyl sites for hydroxylation is 1. The van der Waals surface area contributed by atoms with Gasteiger partial charge in [0.15, 0.2) is 5.65 Å². The number of hydrogen-bond acceptors (Lipinski definition) is 3.